The molecule has 0 saturated carbocycles. The Morgan fingerprint density at radius 2 is 1.09 bits per heavy atom. The lowest BCUT2D eigenvalue weighted by atomic mass is 10.0. The van der Waals surface area contributed by atoms with Crippen molar-refractivity contribution in [3.8, 4) is 34.2 Å². The summed E-state index contributed by atoms with van der Waals surface area (Å²) in [5, 5.41) is 8.33. The van der Waals surface area contributed by atoms with Crippen LogP contribution < -0.4 is 0 Å². The van der Waals surface area contributed by atoms with Gasteiger partial charge in [-0.25, -0.2) is 19.9 Å². The Morgan fingerprint density at radius 3 is 1.93 bits per heavy atom. The molecule has 4 aromatic heterocycles. The molecule has 0 spiro atoms. The highest BCUT2D eigenvalue weighted by Gasteiger charge is 2.21. The molecule has 214 valence electrons. The maximum Gasteiger partial charge on any atom is 0.228 e. The summed E-state index contributed by atoms with van der Waals surface area (Å²) in [6.45, 7) is 0. The molecule has 4 heterocycles. The molecular weight excluding hydrogens is 568 g/mol. The van der Waals surface area contributed by atoms with Crippen LogP contribution in [0.4, 0.5) is 0 Å². The van der Waals surface area contributed by atoms with Crippen LogP contribution in [-0.4, -0.2) is 19.9 Å². The average molecular weight is 591 g/mol. The SMILES string of the molecule is c1ccc2cc(-c3nc(-c4cccc5oc6ccccc6c45)nc(-c4ccnc5oc6cc7ccccc7cc6c45)n3)ccc2c1. The van der Waals surface area contributed by atoms with Crippen LogP contribution in [0, 0.1) is 0 Å². The Morgan fingerprint density at radius 1 is 0.413 bits per heavy atom. The Kier molecular flexibility index (Phi) is 5.19. The van der Waals surface area contributed by atoms with E-state index in [4.69, 9.17) is 23.8 Å². The molecule has 0 aliphatic carbocycles. The zero-order valence-electron chi connectivity index (χ0n) is 24.3. The number of nitrogens with zero attached hydrogens (tertiary/aromatic N) is 4. The van der Waals surface area contributed by atoms with Crippen molar-refractivity contribution in [2.24, 2.45) is 0 Å². The molecule has 0 N–H and O–H groups in total. The number of rotatable bonds is 3. The Hall–Kier alpha value is -6.40. The molecule has 0 aliphatic rings. The number of hydrogen-bond acceptors (Lipinski definition) is 6. The van der Waals surface area contributed by atoms with Crippen molar-refractivity contribution in [1.29, 1.82) is 0 Å². The molecule has 0 atom stereocenters. The smallest absolute Gasteiger partial charge is 0.228 e. The largest absolute Gasteiger partial charge is 0.456 e. The van der Waals surface area contributed by atoms with Gasteiger partial charge < -0.3 is 8.83 Å². The highest BCUT2D eigenvalue weighted by atomic mass is 16.3. The minimum absolute atomic E-state index is 0.542. The fourth-order valence-corrected chi connectivity index (χ4v) is 6.61. The van der Waals surface area contributed by atoms with Crippen LogP contribution in [-0.2, 0) is 0 Å². The molecule has 0 aliphatic heterocycles. The molecular formula is C40H22N4O2. The molecule has 0 saturated heterocycles. The van der Waals surface area contributed by atoms with Crippen molar-refractivity contribution in [2.75, 3.05) is 0 Å². The van der Waals surface area contributed by atoms with Gasteiger partial charge in [0.1, 0.15) is 16.7 Å². The van der Waals surface area contributed by atoms with Crippen LogP contribution in [0.2, 0.25) is 0 Å². The number of para-hydroxylation sites is 1. The fraction of sp³-hybridized carbons (Fsp3) is 0. The van der Waals surface area contributed by atoms with Crippen molar-refractivity contribution in [3.63, 3.8) is 0 Å². The Bertz CT molecular complexity index is 2830. The fourth-order valence-electron chi connectivity index (χ4n) is 6.61. The third-order valence-corrected chi connectivity index (χ3v) is 8.77. The van der Waals surface area contributed by atoms with Crippen LogP contribution in [0.1, 0.15) is 0 Å². The van der Waals surface area contributed by atoms with E-state index in [1.165, 1.54) is 0 Å². The lowest BCUT2D eigenvalue weighted by Gasteiger charge is -2.10. The predicted octanol–water partition coefficient (Wildman–Crippen LogP) is 10.4. The van der Waals surface area contributed by atoms with E-state index in [0.29, 0.717) is 23.2 Å². The van der Waals surface area contributed by atoms with Gasteiger partial charge >= 0.3 is 0 Å². The molecule has 6 nitrogen and oxygen atoms in total. The van der Waals surface area contributed by atoms with Gasteiger partial charge in [-0.3, -0.25) is 0 Å². The summed E-state index contributed by atoms with van der Waals surface area (Å²) in [5.41, 5.74) is 5.53. The summed E-state index contributed by atoms with van der Waals surface area (Å²) < 4.78 is 12.5. The third kappa shape index (κ3) is 3.77. The number of aromatic nitrogens is 4. The first-order valence-corrected chi connectivity index (χ1v) is 15.1. The van der Waals surface area contributed by atoms with Crippen molar-refractivity contribution < 1.29 is 8.83 Å². The first kappa shape index (κ1) is 25.0. The van der Waals surface area contributed by atoms with Crippen molar-refractivity contribution >= 4 is 65.6 Å². The van der Waals surface area contributed by atoms with E-state index in [2.05, 4.69) is 71.7 Å². The molecule has 0 amide bonds. The minimum Gasteiger partial charge on any atom is -0.456 e. The van der Waals surface area contributed by atoms with E-state index in [9.17, 15) is 0 Å². The summed E-state index contributed by atoms with van der Waals surface area (Å²) in [6.07, 6.45) is 1.75. The molecule has 10 aromatic rings. The summed E-state index contributed by atoms with van der Waals surface area (Å²) in [4.78, 5) is 20.0. The topological polar surface area (TPSA) is 77.8 Å². The molecule has 0 fully saturated rings. The van der Waals surface area contributed by atoms with E-state index in [0.717, 1.165) is 76.5 Å². The lowest BCUT2D eigenvalue weighted by molar-refractivity contribution is 0.654. The number of benzene rings is 6. The van der Waals surface area contributed by atoms with Crippen LogP contribution in [0.5, 0.6) is 0 Å². The second-order valence-corrected chi connectivity index (χ2v) is 11.5. The molecule has 6 heteroatoms. The second kappa shape index (κ2) is 9.55. The second-order valence-electron chi connectivity index (χ2n) is 11.5. The highest BCUT2D eigenvalue weighted by Crippen LogP contribution is 2.39. The summed E-state index contributed by atoms with van der Waals surface area (Å²) in [6, 6.07) is 43.2. The zero-order valence-corrected chi connectivity index (χ0v) is 24.3. The molecule has 46 heavy (non-hydrogen) atoms. The molecule has 6 aromatic carbocycles. The number of furan rings is 2. The van der Waals surface area contributed by atoms with Crippen LogP contribution in [0.25, 0.3) is 99.7 Å². The third-order valence-electron chi connectivity index (χ3n) is 8.77. The molecule has 0 bridgehead atoms. The quantitative estimate of drug-likeness (QED) is 0.204. The van der Waals surface area contributed by atoms with Crippen molar-refractivity contribution in [1.82, 2.24) is 19.9 Å². The first-order valence-electron chi connectivity index (χ1n) is 15.1. The van der Waals surface area contributed by atoms with E-state index in [1.54, 1.807) is 6.20 Å². The number of hydrogen-bond donors (Lipinski definition) is 0. The monoisotopic (exact) mass is 590 g/mol. The van der Waals surface area contributed by atoms with Gasteiger partial charge in [0.25, 0.3) is 0 Å². The zero-order chi connectivity index (χ0) is 30.2. The summed E-state index contributed by atoms with van der Waals surface area (Å²) in [7, 11) is 0. The van der Waals surface area contributed by atoms with Gasteiger partial charge in [0.2, 0.25) is 5.71 Å². The van der Waals surface area contributed by atoms with Crippen LogP contribution in [0.15, 0.2) is 142 Å². The highest BCUT2D eigenvalue weighted by molar-refractivity contribution is 6.15. The number of fused-ring (bicyclic) bond motifs is 8. The molecule has 10 rings (SSSR count). The van der Waals surface area contributed by atoms with Crippen LogP contribution in [0.3, 0.4) is 0 Å². The van der Waals surface area contributed by atoms with Crippen molar-refractivity contribution in [2.45, 2.75) is 0 Å². The van der Waals surface area contributed by atoms with Gasteiger partial charge in [-0.15, -0.1) is 0 Å². The van der Waals surface area contributed by atoms with Gasteiger partial charge in [-0.2, -0.15) is 0 Å². The standard InChI is InChI=1S/C40H22N4O2/c1-2-9-24-20-27(17-16-23(24)8-1)37-42-38(29-13-7-15-33-35(29)28-12-5-6-14-32(28)45-33)44-39(43-37)30-18-19-41-40-36(30)31-21-25-10-3-4-11-26(25)22-34(31)46-40/h1-22H. The Labute approximate surface area is 261 Å². The van der Waals surface area contributed by atoms with Gasteiger partial charge in [0, 0.05) is 39.0 Å². The Balaban J connectivity index is 1.28. The number of pyridine rings is 1. The van der Waals surface area contributed by atoms with Crippen LogP contribution >= 0.6 is 0 Å². The van der Waals surface area contributed by atoms with E-state index < -0.39 is 0 Å². The first-order chi connectivity index (χ1) is 22.8. The minimum atomic E-state index is 0.542. The lowest BCUT2D eigenvalue weighted by Crippen LogP contribution is -2.01. The normalized spacial score (nSPS) is 11.9. The molecule has 0 radical (unpaired) electrons. The summed E-state index contributed by atoms with van der Waals surface area (Å²) in [5.74, 6) is 1.69. The van der Waals surface area contributed by atoms with Gasteiger partial charge in [-0.05, 0) is 57.9 Å². The van der Waals surface area contributed by atoms with E-state index in [1.807, 2.05) is 60.7 Å². The van der Waals surface area contributed by atoms with Gasteiger partial charge in [0.15, 0.2) is 17.5 Å². The average Bonchev–Trinajstić information content (AvgIpc) is 3.68. The van der Waals surface area contributed by atoms with E-state index >= 15 is 0 Å². The summed E-state index contributed by atoms with van der Waals surface area (Å²) >= 11 is 0. The van der Waals surface area contributed by atoms with Gasteiger partial charge in [0.05, 0.1) is 5.39 Å². The maximum absolute atomic E-state index is 6.30. The predicted molar refractivity (Wildman–Crippen MR) is 183 cm³/mol. The van der Waals surface area contributed by atoms with Crippen molar-refractivity contribution in [3.05, 3.63) is 134 Å². The molecule has 0 unspecified atom stereocenters. The van der Waals surface area contributed by atoms with Gasteiger partial charge in [-0.1, -0.05) is 91.0 Å². The maximum atomic E-state index is 6.30. The van der Waals surface area contributed by atoms with E-state index in [-0.39, 0.29) is 0 Å².